The quantitative estimate of drug-likeness (QED) is 0.674. The minimum Gasteiger partial charge on any atom is -0.377 e. The van der Waals surface area contributed by atoms with Crippen LogP contribution in [0, 0.1) is 5.82 Å². The first kappa shape index (κ1) is 24.3. The molecular weight excluding hydrogens is 461 g/mol. The molecule has 1 aromatic heterocycles. The molecule has 2 atom stereocenters. The molecule has 2 aromatic rings. The average molecular weight is 492 g/mol. The molecular formula is C23H30FN5O4S. The second-order valence-corrected chi connectivity index (χ2v) is 11.9. The van der Waals surface area contributed by atoms with Crippen LogP contribution in [0.1, 0.15) is 50.6 Å². The zero-order chi connectivity index (χ0) is 24.8. The summed E-state index contributed by atoms with van der Waals surface area (Å²) in [6.07, 6.45) is 0.785. The molecule has 1 fully saturated rings. The molecule has 0 radical (unpaired) electrons. The van der Waals surface area contributed by atoms with Crippen LogP contribution in [0.3, 0.4) is 0 Å². The highest BCUT2D eigenvalue weighted by Gasteiger charge is 2.53. The van der Waals surface area contributed by atoms with Crippen LogP contribution >= 0.6 is 0 Å². The SMILES string of the molecule is CC[C@H]1COCCN1c1nc(-c2ccc(NC(=O)NC)cc2F)nc2c1C(C)S(=O)(=O)C2(C)C. The van der Waals surface area contributed by atoms with Crippen LogP contribution in [0.25, 0.3) is 11.4 Å². The standard InChI is InChI=1S/C23H30FN5O4S/c1-6-15-12-33-10-9-29(15)21-18-13(2)34(31,32)23(3,4)19(18)27-20(28-21)16-8-7-14(11-17(16)24)26-22(30)25-5/h7-8,11,13,15H,6,9-10,12H2,1-5H3,(H2,25,26,30)/t13?,15-/m0/s1. The lowest BCUT2D eigenvalue weighted by molar-refractivity contribution is 0.0924. The number of rotatable bonds is 4. The zero-order valence-electron chi connectivity index (χ0n) is 20.0. The number of carbonyl (C=O) groups is 1. The number of morpholine rings is 1. The van der Waals surface area contributed by atoms with Gasteiger partial charge in [-0.25, -0.2) is 27.6 Å². The van der Waals surface area contributed by atoms with E-state index in [1.165, 1.54) is 19.2 Å². The number of urea groups is 1. The molecule has 3 heterocycles. The highest BCUT2D eigenvalue weighted by atomic mass is 32.2. The monoisotopic (exact) mass is 491 g/mol. The molecule has 0 saturated carbocycles. The van der Waals surface area contributed by atoms with Crippen molar-refractivity contribution in [3.05, 3.63) is 35.3 Å². The van der Waals surface area contributed by atoms with Gasteiger partial charge < -0.3 is 20.3 Å². The Labute approximate surface area is 199 Å². The lowest BCUT2D eigenvalue weighted by Crippen LogP contribution is -2.46. The Kier molecular flexibility index (Phi) is 6.28. The predicted octanol–water partition coefficient (Wildman–Crippen LogP) is 3.37. The number of nitrogens with zero attached hydrogens (tertiary/aromatic N) is 3. The Balaban J connectivity index is 1.91. The zero-order valence-corrected chi connectivity index (χ0v) is 20.8. The third-order valence-corrected chi connectivity index (χ3v) is 9.53. The molecule has 1 saturated heterocycles. The van der Waals surface area contributed by atoms with Gasteiger partial charge in [0.05, 0.1) is 35.8 Å². The van der Waals surface area contributed by atoms with Crippen LogP contribution in [-0.4, -0.2) is 57.3 Å². The number of anilines is 2. The maximum absolute atomic E-state index is 15.2. The van der Waals surface area contributed by atoms with E-state index in [2.05, 4.69) is 20.5 Å². The minimum atomic E-state index is -3.59. The van der Waals surface area contributed by atoms with Crippen LogP contribution < -0.4 is 15.5 Å². The average Bonchev–Trinajstić information content (AvgIpc) is 2.95. The van der Waals surface area contributed by atoms with E-state index in [0.29, 0.717) is 36.8 Å². The van der Waals surface area contributed by atoms with E-state index in [1.807, 2.05) is 6.92 Å². The summed E-state index contributed by atoms with van der Waals surface area (Å²) in [7, 11) is -2.12. The number of carbonyl (C=O) groups excluding carboxylic acids is 1. The first-order valence-corrected chi connectivity index (χ1v) is 12.9. The summed E-state index contributed by atoms with van der Waals surface area (Å²) in [4.78, 5) is 23.0. The van der Waals surface area contributed by atoms with Gasteiger partial charge in [0.1, 0.15) is 16.4 Å². The first-order chi connectivity index (χ1) is 16.0. The molecule has 0 aliphatic carbocycles. The van der Waals surface area contributed by atoms with Gasteiger partial charge in [0, 0.05) is 24.8 Å². The van der Waals surface area contributed by atoms with E-state index in [1.54, 1.807) is 26.8 Å². The summed E-state index contributed by atoms with van der Waals surface area (Å²) < 4.78 is 46.2. The van der Waals surface area contributed by atoms with Crippen molar-refractivity contribution in [3.63, 3.8) is 0 Å². The van der Waals surface area contributed by atoms with Crippen molar-refractivity contribution in [1.82, 2.24) is 15.3 Å². The number of hydrogen-bond acceptors (Lipinski definition) is 7. The molecule has 34 heavy (non-hydrogen) atoms. The van der Waals surface area contributed by atoms with E-state index in [-0.39, 0.29) is 23.1 Å². The third-order valence-electron chi connectivity index (χ3n) is 6.74. The molecule has 184 valence electrons. The fourth-order valence-electron chi connectivity index (χ4n) is 4.60. The summed E-state index contributed by atoms with van der Waals surface area (Å²) in [6, 6.07) is 3.78. The lowest BCUT2D eigenvalue weighted by atomic mass is 10.00. The van der Waals surface area contributed by atoms with Gasteiger partial charge in [-0.15, -0.1) is 0 Å². The summed E-state index contributed by atoms with van der Waals surface area (Å²) in [5, 5.41) is 4.15. The number of hydrogen-bond donors (Lipinski definition) is 2. The molecule has 9 nitrogen and oxygen atoms in total. The van der Waals surface area contributed by atoms with Crippen molar-refractivity contribution in [2.75, 3.05) is 37.0 Å². The van der Waals surface area contributed by atoms with Crippen LogP contribution in [0.4, 0.5) is 20.7 Å². The number of halogens is 1. The predicted molar refractivity (Wildman–Crippen MR) is 128 cm³/mol. The van der Waals surface area contributed by atoms with Gasteiger partial charge in [0.2, 0.25) is 0 Å². The van der Waals surface area contributed by atoms with E-state index >= 15 is 4.39 Å². The number of amides is 2. The van der Waals surface area contributed by atoms with Gasteiger partial charge in [-0.3, -0.25) is 0 Å². The van der Waals surface area contributed by atoms with Crippen molar-refractivity contribution in [3.8, 4) is 11.4 Å². The highest BCUT2D eigenvalue weighted by molar-refractivity contribution is 7.92. The lowest BCUT2D eigenvalue weighted by Gasteiger charge is -2.37. The largest absolute Gasteiger partial charge is 0.377 e. The molecule has 2 N–H and O–H groups in total. The van der Waals surface area contributed by atoms with Crippen LogP contribution in [-0.2, 0) is 19.3 Å². The number of benzene rings is 1. The molecule has 0 bridgehead atoms. The van der Waals surface area contributed by atoms with Crippen molar-refractivity contribution < 1.29 is 22.3 Å². The summed E-state index contributed by atoms with van der Waals surface area (Å²) in [5.74, 6) is 0.000700. The Morgan fingerprint density at radius 2 is 2.06 bits per heavy atom. The van der Waals surface area contributed by atoms with E-state index in [9.17, 15) is 13.2 Å². The fraction of sp³-hybridized carbons (Fsp3) is 0.522. The summed E-state index contributed by atoms with van der Waals surface area (Å²) >= 11 is 0. The van der Waals surface area contributed by atoms with Gasteiger partial charge in [0.15, 0.2) is 15.7 Å². The molecule has 2 amide bonds. The van der Waals surface area contributed by atoms with Crippen LogP contribution in [0.5, 0.6) is 0 Å². The van der Waals surface area contributed by atoms with Gasteiger partial charge in [-0.05, 0) is 45.4 Å². The van der Waals surface area contributed by atoms with Crippen LogP contribution in [0.2, 0.25) is 0 Å². The Hall–Kier alpha value is -2.79. The molecule has 0 spiro atoms. The molecule has 11 heteroatoms. The molecule has 2 aliphatic heterocycles. The second kappa shape index (κ2) is 8.77. The van der Waals surface area contributed by atoms with Gasteiger partial charge in [0.25, 0.3) is 0 Å². The molecule has 1 unspecified atom stereocenters. The van der Waals surface area contributed by atoms with Gasteiger partial charge >= 0.3 is 6.03 Å². The van der Waals surface area contributed by atoms with Crippen molar-refractivity contribution in [1.29, 1.82) is 0 Å². The highest BCUT2D eigenvalue weighted by Crippen LogP contribution is 2.51. The number of aromatic nitrogens is 2. The fourth-order valence-corrected chi connectivity index (χ4v) is 6.44. The van der Waals surface area contributed by atoms with Crippen molar-refractivity contribution in [2.45, 2.75) is 50.2 Å². The van der Waals surface area contributed by atoms with E-state index < -0.39 is 31.7 Å². The molecule has 4 rings (SSSR count). The maximum atomic E-state index is 15.2. The number of fused-ring (bicyclic) bond motifs is 1. The van der Waals surface area contributed by atoms with Crippen molar-refractivity contribution in [2.24, 2.45) is 0 Å². The Bertz CT molecular complexity index is 1230. The summed E-state index contributed by atoms with van der Waals surface area (Å²) in [5.41, 5.74) is 1.37. The van der Waals surface area contributed by atoms with Crippen molar-refractivity contribution >= 4 is 27.4 Å². The maximum Gasteiger partial charge on any atom is 0.318 e. The normalized spacial score (nSPS) is 22.8. The second-order valence-electron chi connectivity index (χ2n) is 9.06. The molecule has 1 aromatic carbocycles. The smallest absolute Gasteiger partial charge is 0.318 e. The van der Waals surface area contributed by atoms with Gasteiger partial charge in [-0.2, -0.15) is 0 Å². The Morgan fingerprint density at radius 1 is 1.32 bits per heavy atom. The summed E-state index contributed by atoms with van der Waals surface area (Å²) in [6.45, 7) is 8.51. The first-order valence-electron chi connectivity index (χ1n) is 11.3. The number of nitrogens with one attached hydrogen (secondary N) is 2. The Morgan fingerprint density at radius 3 is 2.71 bits per heavy atom. The molecule has 2 aliphatic rings. The van der Waals surface area contributed by atoms with Gasteiger partial charge in [-0.1, -0.05) is 6.92 Å². The number of sulfone groups is 1. The number of ether oxygens (including phenoxy) is 1. The third kappa shape index (κ3) is 3.80. The van der Waals surface area contributed by atoms with E-state index in [0.717, 1.165) is 6.42 Å². The van der Waals surface area contributed by atoms with Crippen LogP contribution in [0.15, 0.2) is 18.2 Å². The minimum absolute atomic E-state index is 0.0168. The topological polar surface area (TPSA) is 114 Å². The van der Waals surface area contributed by atoms with E-state index in [4.69, 9.17) is 9.72 Å².